The molecule has 1 aromatic heterocycles. The number of amides is 1. The predicted molar refractivity (Wildman–Crippen MR) is 115 cm³/mol. The Morgan fingerprint density at radius 2 is 1.91 bits per heavy atom. The maximum Gasteiger partial charge on any atom is 0.311 e. The van der Waals surface area contributed by atoms with Gasteiger partial charge in [-0.1, -0.05) is 11.2 Å². The fraction of sp³-hybridized carbons (Fsp3) is 0.476. The number of nitrogens with zero attached hydrogens (tertiary/aromatic N) is 2. The second-order valence-corrected chi connectivity index (χ2v) is 9.50. The summed E-state index contributed by atoms with van der Waals surface area (Å²) in [7, 11) is -3.73. The highest BCUT2D eigenvalue weighted by Crippen LogP contribution is 2.24. The SMILES string of the molecule is Cc1ccc(NC(=O)[C@H](C)OC(=O)Cc2c(C)noc2C)cc1S(=O)(=O)N1CCOCC1. The Kier molecular flexibility index (Phi) is 7.32. The van der Waals surface area contributed by atoms with Crippen molar-refractivity contribution < 1.29 is 32.0 Å². The lowest BCUT2D eigenvalue weighted by Gasteiger charge is -2.27. The summed E-state index contributed by atoms with van der Waals surface area (Å²) in [5.41, 5.74) is 2.07. The Morgan fingerprint density at radius 1 is 1.22 bits per heavy atom. The molecule has 11 heteroatoms. The first-order valence-electron chi connectivity index (χ1n) is 10.2. The average molecular weight is 466 g/mol. The van der Waals surface area contributed by atoms with E-state index in [1.807, 2.05) is 0 Å². The van der Waals surface area contributed by atoms with E-state index >= 15 is 0 Å². The zero-order valence-corrected chi connectivity index (χ0v) is 19.3. The van der Waals surface area contributed by atoms with Crippen molar-refractivity contribution >= 4 is 27.6 Å². The first-order valence-corrected chi connectivity index (χ1v) is 11.6. The van der Waals surface area contributed by atoms with E-state index in [9.17, 15) is 18.0 Å². The predicted octanol–water partition coefficient (Wildman–Crippen LogP) is 1.73. The van der Waals surface area contributed by atoms with E-state index in [1.54, 1.807) is 32.9 Å². The third-order valence-electron chi connectivity index (χ3n) is 5.22. The summed E-state index contributed by atoms with van der Waals surface area (Å²) in [6, 6.07) is 4.64. The Morgan fingerprint density at radius 3 is 2.53 bits per heavy atom. The number of benzene rings is 1. The van der Waals surface area contributed by atoms with Crippen LogP contribution in [-0.4, -0.2) is 62.2 Å². The molecule has 0 saturated carbocycles. The van der Waals surface area contributed by atoms with Gasteiger partial charge in [-0.25, -0.2) is 8.42 Å². The number of ether oxygens (including phenoxy) is 2. The van der Waals surface area contributed by atoms with Gasteiger partial charge in [0.2, 0.25) is 10.0 Å². The maximum absolute atomic E-state index is 13.0. The van der Waals surface area contributed by atoms with Crippen molar-refractivity contribution in [3.63, 3.8) is 0 Å². The second-order valence-electron chi connectivity index (χ2n) is 7.60. The molecule has 3 rings (SSSR count). The van der Waals surface area contributed by atoms with Gasteiger partial charge < -0.3 is 19.3 Å². The van der Waals surface area contributed by atoms with Gasteiger partial charge >= 0.3 is 5.97 Å². The van der Waals surface area contributed by atoms with Crippen LogP contribution in [-0.2, 0) is 35.5 Å². The van der Waals surface area contributed by atoms with Crippen LogP contribution >= 0.6 is 0 Å². The van der Waals surface area contributed by atoms with Gasteiger partial charge in [-0.05, 0) is 45.4 Å². The largest absolute Gasteiger partial charge is 0.452 e. The zero-order chi connectivity index (χ0) is 23.5. The number of hydrogen-bond donors (Lipinski definition) is 1. The lowest BCUT2D eigenvalue weighted by atomic mass is 10.1. The van der Waals surface area contributed by atoms with E-state index in [1.165, 1.54) is 17.3 Å². The van der Waals surface area contributed by atoms with E-state index < -0.39 is 28.0 Å². The highest BCUT2D eigenvalue weighted by Gasteiger charge is 2.28. The summed E-state index contributed by atoms with van der Waals surface area (Å²) >= 11 is 0. The molecule has 2 heterocycles. The molecule has 1 fully saturated rings. The minimum atomic E-state index is -3.73. The van der Waals surface area contributed by atoms with E-state index in [0.29, 0.717) is 41.5 Å². The number of carbonyl (C=O) groups excluding carboxylic acids is 2. The third kappa shape index (κ3) is 5.34. The summed E-state index contributed by atoms with van der Waals surface area (Å²) in [4.78, 5) is 24.9. The van der Waals surface area contributed by atoms with E-state index in [2.05, 4.69) is 10.5 Å². The van der Waals surface area contributed by atoms with Crippen LogP contribution in [0.2, 0.25) is 0 Å². The van der Waals surface area contributed by atoms with Crippen LogP contribution in [0.3, 0.4) is 0 Å². The van der Waals surface area contributed by atoms with Crippen LogP contribution in [0.25, 0.3) is 0 Å². The molecule has 1 saturated heterocycles. The van der Waals surface area contributed by atoms with E-state index in [0.717, 1.165) is 0 Å². The highest BCUT2D eigenvalue weighted by atomic mass is 32.2. The van der Waals surface area contributed by atoms with Gasteiger partial charge in [-0.3, -0.25) is 9.59 Å². The molecular weight excluding hydrogens is 438 g/mol. The molecule has 32 heavy (non-hydrogen) atoms. The maximum atomic E-state index is 13.0. The summed E-state index contributed by atoms with van der Waals surface area (Å²) < 4.78 is 42.9. The number of carbonyl (C=O) groups is 2. The average Bonchev–Trinajstić information content (AvgIpc) is 3.07. The Balaban J connectivity index is 1.67. The number of sulfonamides is 1. The summed E-state index contributed by atoms with van der Waals surface area (Å²) in [5, 5.41) is 6.40. The van der Waals surface area contributed by atoms with Crippen molar-refractivity contribution in [2.75, 3.05) is 31.6 Å². The highest BCUT2D eigenvalue weighted by molar-refractivity contribution is 7.89. The van der Waals surface area contributed by atoms with Crippen molar-refractivity contribution in [3.8, 4) is 0 Å². The van der Waals surface area contributed by atoms with Crippen LogP contribution in [0.15, 0.2) is 27.6 Å². The summed E-state index contributed by atoms with van der Waals surface area (Å²) in [5.74, 6) is -0.651. The molecule has 174 valence electrons. The Bertz CT molecular complexity index is 1090. The van der Waals surface area contributed by atoms with Crippen molar-refractivity contribution in [1.29, 1.82) is 0 Å². The normalized spacial score (nSPS) is 15.9. The van der Waals surface area contributed by atoms with Crippen LogP contribution in [0.1, 0.15) is 29.5 Å². The fourth-order valence-electron chi connectivity index (χ4n) is 3.32. The zero-order valence-electron chi connectivity index (χ0n) is 18.5. The number of nitrogens with one attached hydrogen (secondary N) is 1. The van der Waals surface area contributed by atoms with Gasteiger partial charge in [-0.15, -0.1) is 0 Å². The molecular formula is C21H27N3O7S. The molecule has 1 aliphatic rings. The lowest BCUT2D eigenvalue weighted by molar-refractivity contribution is -0.152. The van der Waals surface area contributed by atoms with Crippen LogP contribution in [0, 0.1) is 20.8 Å². The summed E-state index contributed by atoms with van der Waals surface area (Å²) in [6.45, 7) is 7.77. The smallest absolute Gasteiger partial charge is 0.311 e. The number of rotatable bonds is 7. The van der Waals surface area contributed by atoms with Gasteiger partial charge in [0.15, 0.2) is 6.10 Å². The monoisotopic (exact) mass is 465 g/mol. The molecule has 1 aromatic carbocycles. The molecule has 1 N–H and O–H groups in total. The quantitative estimate of drug-likeness (QED) is 0.613. The van der Waals surface area contributed by atoms with Crippen molar-refractivity contribution in [3.05, 3.63) is 40.8 Å². The number of anilines is 1. The summed E-state index contributed by atoms with van der Waals surface area (Å²) in [6.07, 6.45) is -1.14. The molecule has 0 unspecified atom stereocenters. The van der Waals surface area contributed by atoms with Crippen LogP contribution in [0.5, 0.6) is 0 Å². The molecule has 2 aromatic rings. The minimum Gasteiger partial charge on any atom is -0.452 e. The van der Waals surface area contributed by atoms with Gasteiger partial charge in [0, 0.05) is 24.3 Å². The van der Waals surface area contributed by atoms with E-state index in [4.69, 9.17) is 14.0 Å². The molecule has 1 aliphatic heterocycles. The molecule has 0 radical (unpaired) electrons. The number of esters is 1. The molecule has 1 atom stereocenters. The topological polar surface area (TPSA) is 128 Å². The van der Waals surface area contributed by atoms with Gasteiger partial charge in [-0.2, -0.15) is 4.31 Å². The number of aromatic nitrogens is 1. The number of hydrogen-bond acceptors (Lipinski definition) is 8. The molecule has 0 aliphatic carbocycles. The molecule has 0 spiro atoms. The first kappa shape index (κ1) is 23.9. The number of morpholine rings is 1. The van der Waals surface area contributed by atoms with Gasteiger partial charge in [0.05, 0.1) is 30.2 Å². The van der Waals surface area contributed by atoms with Crippen molar-refractivity contribution in [2.45, 2.75) is 45.1 Å². The van der Waals surface area contributed by atoms with E-state index in [-0.39, 0.29) is 24.4 Å². The number of aryl methyl sites for hydroxylation is 3. The third-order valence-corrected chi connectivity index (χ3v) is 7.26. The molecule has 0 bridgehead atoms. The Labute approximate surface area is 186 Å². The first-order chi connectivity index (χ1) is 15.1. The minimum absolute atomic E-state index is 0.0642. The fourth-order valence-corrected chi connectivity index (χ4v) is 4.98. The van der Waals surface area contributed by atoms with Crippen molar-refractivity contribution in [2.24, 2.45) is 0 Å². The standard InChI is InChI=1S/C21H27N3O7S/c1-13-5-6-17(11-19(13)32(27,28)24-7-9-29-10-8-24)22-21(26)16(4)30-20(25)12-18-14(2)23-31-15(18)3/h5-6,11,16H,7-10,12H2,1-4H3,(H,22,26)/t16-/m0/s1. The van der Waals surface area contributed by atoms with Crippen molar-refractivity contribution in [1.82, 2.24) is 9.46 Å². The second kappa shape index (κ2) is 9.80. The van der Waals surface area contributed by atoms with Crippen LogP contribution in [0.4, 0.5) is 5.69 Å². The van der Waals surface area contributed by atoms with Gasteiger partial charge in [0.1, 0.15) is 5.76 Å². The Hall–Kier alpha value is -2.76. The lowest BCUT2D eigenvalue weighted by Crippen LogP contribution is -2.40. The van der Waals surface area contributed by atoms with Crippen LogP contribution < -0.4 is 5.32 Å². The molecule has 1 amide bonds. The molecule has 10 nitrogen and oxygen atoms in total. The van der Waals surface area contributed by atoms with Gasteiger partial charge in [0.25, 0.3) is 5.91 Å².